The largest absolute Gasteiger partial charge is 0.355 e. The van der Waals surface area contributed by atoms with Crippen LogP contribution in [-0.4, -0.2) is 29.5 Å². The van der Waals surface area contributed by atoms with E-state index in [2.05, 4.69) is 15.8 Å². The third-order valence-electron chi connectivity index (χ3n) is 2.51. The Bertz CT molecular complexity index is 584. The molecule has 0 bridgehead atoms. The number of carbonyl (C=O) groups excluding carboxylic acids is 2. The van der Waals surface area contributed by atoms with Gasteiger partial charge in [0.1, 0.15) is 6.42 Å². The molecular weight excluding hydrogens is 288 g/mol. The molecule has 0 saturated heterocycles. The Morgan fingerprint density at radius 2 is 2.09 bits per heavy atom. The molecule has 0 spiro atoms. The number of hydrogen-bond acceptors (Lipinski definition) is 5. The molecule has 0 aliphatic carbocycles. The van der Waals surface area contributed by atoms with Crippen LogP contribution >= 0.6 is 0 Å². The molecule has 0 saturated carbocycles. The summed E-state index contributed by atoms with van der Waals surface area (Å²) in [7, 11) is 0. The van der Waals surface area contributed by atoms with E-state index in [0.717, 1.165) is 0 Å². The van der Waals surface area contributed by atoms with Gasteiger partial charge in [0.15, 0.2) is 0 Å². The van der Waals surface area contributed by atoms with Crippen LogP contribution < -0.4 is 10.7 Å². The van der Waals surface area contributed by atoms with Crippen LogP contribution in [0.4, 0.5) is 5.69 Å². The standard InChI is InChI=1S/C14H18N4O4/c1-10(2)8-15-13(19)7-14(20)17-16-9-11-4-3-5-12(6-11)18(21)22/h3-6,9-10H,7-8H2,1-2H3,(H,15,19)(H,17,20)/b16-9-. The van der Waals surface area contributed by atoms with Crippen LogP contribution in [0.25, 0.3) is 0 Å². The first-order valence-corrected chi connectivity index (χ1v) is 6.71. The molecule has 0 heterocycles. The minimum Gasteiger partial charge on any atom is -0.355 e. The predicted molar refractivity (Wildman–Crippen MR) is 81.3 cm³/mol. The second kappa shape index (κ2) is 8.50. The molecule has 8 heteroatoms. The predicted octanol–water partition coefficient (Wildman–Crippen LogP) is 1.21. The fourth-order valence-electron chi connectivity index (χ4n) is 1.46. The van der Waals surface area contributed by atoms with Crippen molar-refractivity contribution in [2.24, 2.45) is 11.0 Å². The number of nitrogens with zero attached hydrogens (tertiary/aromatic N) is 2. The van der Waals surface area contributed by atoms with E-state index in [1.807, 2.05) is 13.8 Å². The van der Waals surface area contributed by atoms with Gasteiger partial charge in [0.2, 0.25) is 11.8 Å². The maximum Gasteiger partial charge on any atom is 0.270 e. The number of carbonyl (C=O) groups is 2. The number of hydrogen-bond donors (Lipinski definition) is 2. The highest BCUT2D eigenvalue weighted by atomic mass is 16.6. The van der Waals surface area contributed by atoms with Crippen LogP contribution in [0.3, 0.4) is 0 Å². The molecule has 2 N–H and O–H groups in total. The Morgan fingerprint density at radius 1 is 1.36 bits per heavy atom. The summed E-state index contributed by atoms with van der Waals surface area (Å²) in [6.45, 7) is 4.40. The fourth-order valence-corrected chi connectivity index (χ4v) is 1.46. The summed E-state index contributed by atoms with van der Waals surface area (Å²) < 4.78 is 0. The molecule has 0 aliphatic heterocycles. The number of rotatable bonds is 7. The van der Waals surface area contributed by atoms with Crippen LogP contribution in [0, 0.1) is 16.0 Å². The topological polar surface area (TPSA) is 114 Å². The molecule has 0 atom stereocenters. The van der Waals surface area contributed by atoms with Gasteiger partial charge < -0.3 is 5.32 Å². The van der Waals surface area contributed by atoms with Crippen molar-refractivity contribution < 1.29 is 14.5 Å². The van der Waals surface area contributed by atoms with E-state index in [-0.39, 0.29) is 18.0 Å². The number of amides is 2. The van der Waals surface area contributed by atoms with Crippen molar-refractivity contribution in [3.8, 4) is 0 Å². The highest BCUT2D eigenvalue weighted by Gasteiger charge is 2.08. The highest BCUT2D eigenvalue weighted by molar-refractivity contribution is 5.97. The van der Waals surface area contributed by atoms with E-state index in [9.17, 15) is 19.7 Å². The minimum atomic E-state index is -0.553. The molecule has 8 nitrogen and oxygen atoms in total. The monoisotopic (exact) mass is 306 g/mol. The number of nitro groups is 1. The van der Waals surface area contributed by atoms with E-state index in [0.29, 0.717) is 18.0 Å². The average Bonchev–Trinajstić information content (AvgIpc) is 2.45. The van der Waals surface area contributed by atoms with Gasteiger partial charge in [-0.15, -0.1) is 0 Å². The summed E-state index contributed by atoms with van der Waals surface area (Å²) in [4.78, 5) is 33.0. The zero-order valence-corrected chi connectivity index (χ0v) is 12.4. The van der Waals surface area contributed by atoms with Gasteiger partial charge in [-0.3, -0.25) is 19.7 Å². The maximum absolute atomic E-state index is 11.5. The Hall–Kier alpha value is -2.77. The third kappa shape index (κ3) is 6.60. The van der Waals surface area contributed by atoms with Crippen LogP contribution in [0.1, 0.15) is 25.8 Å². The van der Waals surface area contributed by atoms with Crippen molar-refractivity contribution in [2.75, 3.05) is 6.54 Å². The van der Waals surface area contributed by atoms with Gasteiger partial charge in [0.25, 0.3) is 5.69 Å². The molecule has 0 unspecified atom stereocenters. The summed E-state index contributed by atoms with van der Waals surface area (Å²) >= 11 is 0. The lowest BCUT2D eigenvalue weighted by molar-refractivity contribution is -0.384. The molecule has 1 aromatic rings. The second-order valence-corrected chi connectivity index (χ2v) is 5.02. The summed E-state index contributed by atoms with van der Waals surface area (Å²) in [6.07, 6.45) is 0.954. The molecule has 0 aliphatic rings. The molecule has 0 aromatic heterocycles. The summed E-state index contributed by atoms with van der Waals surface area (Å²) in [5.41, 5.74) is 2.60. The lowest BCUT2D eigenvalue weighted by Gasteiger charge is -2.06. The fraction of sp³-hybridized carbons (Fsp3) is 0.357. The van der Waals surface area contributed by atoms with E-state index in [1.54, 1.807) is 6.07 Å². The van der Waals surface area contributed by atoms with Crippen molar-refractivity contribution in [3.05, 3.63) is 39.9 Å². The van der Waals surface area contributed by atoms with Crippen molar-refractivity contribution in [1.82, 2.24) is 10.7 Å². The van der Waals surface area contributed by atoms with Gasteiger partial charge in [-0.25, -0.2) is 5.43 Å². The van der Waals surface area contributed by atoms with E-state index in [1.165, 1.54) is 24.4 Å². The van der Waals surface area contributed by atoms with Crippen molar-refractivity contribution >= 4 is 23.7 Å². The Kier molecular flexibility index (Phi) is 6.68. The first-order valence-electron chi connectivity index (χ1n) is 6.71. The molecule has 0 radical (unpaired) electrons. The van der Waals surface area contributed by atoms with E-state index < -0.39 is 10.8 Å². The quantitative estimate of drug-likeness (QED) is 0.341. The minimum absolute atomic E-state index is 0.0664. The molecule has 118 valence electrons. The number of nitro benzene ring substituents is 1. The molecule has 1 rings (SSSR count). The Labute approximate surface area is 127 Å². The lowest BCUT2D eigenvalue weighted by Crippen LogP contribution is -2.32. The zero-order valence-electron chi connectivity index (χ0n) is 12.4. The second-order valence-electron chi connectivity index (χ2n) is 5.02. The van der Waals surface area contributed by atoms with Gasteiger partial charge in [-0.2, -0.15) is 5.10 Å². The van der Waals surface area contributed by atoms with Crippen LogP contribution in [-0.2, 0) is 9.59 Å². The Morgan fingerprint density at radius 3 is 2.73 bits per heavy atom. The van der Waals surface area contributed by atoms with Gasteiger partial charge >= 0.3 is 0 Å². The summed E-state index contributed by atoms with van der Waals surface area (Å²) in [5.74, 6) is -0.626. The first-order chi connectivity index (χ1) is 10.4. The van der Waals surface area contributed by atoms with Crippen LogP contribution in [0.5, 0.6) is 0 Å². The smallest absolute Gasteiger partial charge is 0.270 e. The molecule has 2 amide bonds. The van der Waals surface area contributed by atoms with Crippen molar-refractivity contribution in [1.29, 1.82) is 0 Å². The normalized spacial score (nSPS) is 10.7. The summed E-state index contributed by atoms with van der Waals surface area (Å²) in [5, 5.41) is 16.9. The average molecular weight is 306 g/mol. The molecular formula is C14H18N4O4. The van der Waals surface area contributed by atoms with E-state index in [4.69, 9.17) is 0 Å². The first kappa shape index (κ1) is 17.3. The lowest BCUT2D eigenvalue weighted by atomic mass is 10.2. The highest BCUT2D eigenvalue weighted by Crippen LogP contribution is 2.11. The molecule has 0 fully saturated rings. The number of nitrogens with one attached hydrogen (secondary N) is 2. The molecule has 1 aromatic carbocycles. The summed E-state index contributed by atoms with van der Waals surface area (Å²) in [6, 6.07) is 5.80. The Balaban J connectivity index is 2.45. The third-order valence-corrected chi connectivity index (χ3v) is 2.51. The number of non-ortho nitro benzene ring substituents is 1. The number of benzene rings is 1. The maximum atomic E-state index is 11.5. The van der Waals surface area contributed by atoms with Crippen LogP contribution in [0.15, 0.2) is 29.4 Å². The van der Waals surface area contributed by atoms with Crippen molar-refractivity contribution in [2.45, 2.75) is 20.3 Å². The molecule has 22 heavy (non-hydrogen) atoms. The van der Waals surface area contributed by atoms with Crippen LogP contribution in [0.2, 0.25) is 0 Å². The number of hydrazone groups is 1. The zero-order chi connectivity index (χ0) is 16.5. The van der Waals surface area contributed by atoms with Gasteiger partial charge in [0.05, 0.1) is 11.1 Å². The van der Waals surface area contributed by atoms with Crippen molar-refractivity contribution in [3.63, 3.8) is 0 Å². The SMILES string of the molecule is CC(C)CNC(=O)CC(=O)N/N=C\c1cccc([N+](=O)[O-])c1. The van der Waals surface area contributed by atoms with Gasteiger partial charge in [-0.1, -0.05) is 26.0 Å². The van der Waals surface area contributed by atoms with Gasteiger partial charge in [0, 0.05) is 24.2 Å². The van der Waals surface area contributed by atoms with Gasteiger partial charge in [-0.05, 0) is 5.92 Å². The van der Waals surface area contributed by atoms with E-state index >= 15 is 0 Å².